The van der Waals surface area contributed by atoms with E-state index in [0.717, 1.165) is 45.3 Å². The molecule has 39 heavy (non-hydrogen) atoms. The second kappa shape index (κ2) is 10.5. The highest BCUT2D eigenvalue weighted by molar-refractivity contribution is 9.10. The van der Waals surface area contributed by atoms with Gasteiger partial charge in [-0.15, -0.1) is 0 Å². The topological polar surface area (TPSA) is 71.0 Å². The standard InChI is InChI=1S/C28H37BrFN5O3S/c1-27(2,3)38-26(36)35-18-4-5-19(35)15-34(14-18)24-20-6-7-21(29)22(30)23(20)31-25(32-24)37-17-28(8-9-28)16-33-10-12-39-13-11-33/h6-7,18-19H,4-5,8-17H2,1-3H3. The van der Waals surface area contributed by atoms with E-state index in [0.29, 0.717) is 35.4 Å². The third-order valence-corrected chi connectivity index (χ3v) is 9.79. The van der Waals surface area contributed by atoms with Gasteiger partial charge < -0.3 is 19.3 Å². The number of anilines is 1. The van der Waals surface area contributed by atoms with Gasteiger partial charge in [0.05, 0.1) is 23.2 Å². The summed E-state index contributed by atoms with van der Waals surface area (Å²) < 4.78 is 27.6. The van der Waals surface area contributed by atoms with Crippen LogP contribution in [0.15, 0.2) is 16.6 Å². The molecule has 4 heterocycles. The van der Waals surface area contributed by atoms with Crippen LogP contribution in [0.4, 0.5) is 15.0 Å². The summed E-state index contributed by atoms with van der Waals surface area (Å²) in [6.07, 6.45) is 3.82. The molecule has 4 aliphatic rings. The number of piperazine rings is 1. The Labute approximate surface area is 242 Å². The van der Waals surface area contributed by atoms with Crippen molar-refractivity contribution in [2.24, 2.45) is 5.41 Å². The Morgan fingerprint density at radius 3 is 2.49 bits per heavy atom. The van der Waals surface area contributed by atoms with E-state index in [9.17, 15) is 4.79 Å². The molecule has 11 heteroatoms. The van der Waals surface area contributed by atoms with E-state index in [4.69, 9.17) is 14.5 Å². The molecule has 1 saturated carbocycles. The maximum atomic E-state index is 15.3. The number of benzene rings is 1. The fourth-order valence-corrected chi connectivity index (χ4v) is 7.37. The number of rotatable bonds is 6. The summed E-state index contributed by atoms with van der Waals surface area (Å²) in [5.41, 5.74) is -0.155. The highest BCUT2D eigenvalue weighted by Gasteiger charge is 2.46. The number of halogens is 2. The van der Waals surface area contributed by atoms with Gasteiger partial charge in [-0.2, -0.15) is 21.7 Å². The van der Waals surface area contributed by atoms with E-state index < -0.39 is 11.4 Å². The average Bonchev–Trinajstić information content (AvgIpc) is 3.60. The Morgan fingerprint density at radius 1 is 1.15 bits per heavy atom. The highest BCUT2D eigenvalue weighted by atomic mass is 79.9. The number of fused-ring (bicyclic) bond motifs is 3. The number of hydrogen-bond donors (Lipinski definition) is 0. The van der Waals surface area contributed by atoms with E-state index in [1.807, 2.05) is 43.5 Å². The molecule has 1 aliphatic carbocycles. The number of nitrogens with zero attached hydrogens (tertiary/aromatic N) is 5. The zero-order valence-electron chi connectivity index (χ0n) is 22.9. The van der Waals surface area contributed by atoms with Crippen LogP contribution in [0.2, 0.25) is 0 Å². The second-order valence-electron chi connectivity index (χ2n) is 12.4. The molecule has 6 rings (SSSR count). The van der Waals surface area contributed by atoms with Crippen molar-refractivity contribution in [3.8, 4) is 6.01 Å². The molecule has 212 valence electrons. The van der Waals surface area contributed by atoms with Gasteiger partial charge >= 0.3 is 12.1 Å². The molecule has 8 nitrogen and oxygen atoms in total. The first kappa shape index (κ1) is 27.3. The molecule has 2 aromatic rings. The monoisotopic (exact) mass is 621 g/mol. The molecule has 1 aromatic heterocycles. The predicted molar refractivity (Wildman–Crippen MR) is 155 cm³/mol. The lowest BCUT2D eigenvalue weighted by molar-refractivity contribution is 0.0123. The van der Waals surface area contributed by atoms with E-state index in [-0.39, 0.29) is 35.1 Å². The van der Waals surface area contributed by atoms with Crippen LogP contribution in [0.5, 0.6) is 6.01 Å². The molecule has 1 aromatic carbocycles. The van der Waals surface area contributed by atoms with Crippen LogP contribution in [0, 0.1) is 11.2 Å². The maximum absolute atomic E-state index is 15.3. The quantitative estimate of drug-likeness (QED) is 0.429. The second-order valence-corrected chi connectivity index (χ2v) is 14.5. The summed E-state index contributed by atoms with van der Waals surface area (Å²) in [5, 5.41) is 0.653. The van der Waals surface area contributed by atoms with Gasteiger partial charge in [-0.1, -0.05) is 0 Å². The number of carbonyl (C=O) groups excluding carboxylic acids is 1. The van der Waals surface area contributed by atoms with Gasteiger partial charge in [0.2, 0.25) is 0 Å². The number of ether oxygens (including phenoxy) is 2. The van der Waals surface area contributed by atoms with Gasteiger partial charge in [-0.3, -0.25) is 4.90 Å². The molecule has 4 fully saturated rings. The molecular weight excluding hydrogens is 585 g/mol. The molecule has 2 atom stereocenters. The third-order valence-electron chi connectivity index (χ3n) is 8.23. The Morgan fingerprint density at radius 2 is 1.85 bits per heavy atom. The first-order chi connectivity index (χ1) is 18.6. The summed E-state index contributed by atoms with van der Waals surface area (Å²) in [6.45, 7) is 10.7. The molecule has 0 spiro atoms. The lowest BCUT2D eigenvalue weighted by atomic mass is 10.1. The number of aromatic nitrogens is 2. The van der Waals surface area contributed by atoms with Crippen molar-refractivity contribution in [1.29, 1.82) is 0 Å². The van der Waals surface area contributed by atoms with E-state index in [1.165, 1.54) is 11.5 Å². The maximum Gasteiger partial charge on any atom is 0.410 e. The Kier molecular flexibility index (Phi) is 7.37. The lowest BCUT2D eigenvalue weighted by Crippen LogP contribution is -2.57. The van der Waals surface area contributed by atoms with Crippen LogP contribution in [-0.4, -0.2) is 94.4 Å². The molecule has 0 radical (unpaired) electrons. The number of thioether (sulfide) groups is 1. The summed E-state index contributed by atoms with van der Waals surface area (Å²) in [4.78, 5) is 29.0. The molecule has 1 amide bonds. The summed E-state index contributed by atoms with van der Waals surface area (Å²) in [5.74, 6) is 2.62. The van der Waals surface area contributed by atoms with Crippen molar-refractivity contribution in [3.05, 3.63) is 22.4 Å². The Balaban J connectivity index is 1.24. The van der Waals surface area contributed by atoms with Crippen molar-refractivity contribution in [1.82, 2.24) is 19.8 Å². The van der Waals surface area contributed by atoms with Crippen LogP contribution in [-0.2, 0) is 4.74 Å². The van der Waals surface area contributed by atoms with Gasteiger partial charge in [0.1, 0.15) is 16.9 Å². The fourth-order valence-electron chi connectivity index (χ4n) is 6.07. The van der Waals surface area contributed by atoms with Crippen LogP contribution < -0.4 is 9.64 Å². The molecule has 0 N–H and O–H groups in total. The molecular formula is C28H37BrFN5O3S. The zero-order chi connectivity index (χ0) is 27.4. The van der Waals surface area contributed by atoms with Crippen molar-refractivity contribution in [2.75, 3.05) is 55.7 Å². The van der Waals surface area contributed by atoms with Gasteiger partial charge in [-0.25, -0.2) is 9.18 Å². The largest absolute Gasteiger partial charge is 0.463 e. The van der Waals surface area contributed by atoms with E-state index in [2.05, 4.69) is 30.7 Å². The van der Waals surface area contributed by atoms with E-state index >= 15 is 4.39 Å². The third kappa shape index (κ3) is 5.81. The van der Waals surface area contributed by atoms with Crippen LogP contribution in [0.1, 0.15) is 46.5 Å². The summed E-state index contributed by atoms with van der Waals surface area (Å²) in [7, 11) is 0. The van der Waals surface area contributed by atoms with Crippen molar-refractivity contribution in [2.45, 2.75) is 64.1 Å². The van der Waals surface area contributed by atoms with Crippen molar-refractivity contribution >= 4 is 50.5 Å². The summed E-state index contributed by atoms with van der Waals surface area (Å²) in [6, 6.07) is 3.82. The molecule has 2 unspecified atom stereocenters. The Hall–Kier alpha value is -1.85. The van der Waals surface area contributed by atoms with Gasteiger partial charge in [0, 0.05) is 55.0 Å². The van der Waals surface area contributed by atoms with E-state index in [1.54, 1.807) is 6.07 Å². The Bertz CT molecular complexity index is 1240. The smallest absolute Gasteiger partial charge is 0.410 e. The number of hydrogen-bond acceptors (Lipinski definition) is 8. The minimum Gasteiger partial charge on any atom is -0.463 e. The molecule has 2 bridgehead atoms. The SMILES string of the molecule is CC(C)(C)OC(=O)N1C2CCC1CN(c1nc(OCC3(CN4CCSCC4)CC3)nc3c(F)c(Br)ccc13)C2. The van der Waals surface area contributed by atoms with Crippen LogP contribution in [0.3, 0.4) is 0 Å². The molecule has 3 aliphatic heterocycles. The zero-order valence-corrected chi connectivity index (χ0v) is 25.3. The van der Waals surface area contributed by atoms with Crippen LogP contribution in [0.25, 0.3) is 10.9 Å². The van der Waals surface area contributed by atoms with Crippen LogP contribution >= 0.6 is 27.7 Å². The fraction of sp³-hybridized carbons (Fsp3) is 0.679. The van der Waals surface area contributed by atoms with Crippen molar-refractivity contribution in [3.63, 3.8) is 0 Å². The normalized spacial score (nSPS) is 24.7. The highest BCUT2D eigenvalue weighted by Crippen LogP contribution is 2.47. The average molecular weight is 623 g/mol. The van der Waals surface area contributed by atoms with Crippen molar-refractivity contribution < 1.29 is 18.7 Å². The minimum absolute atomic E-state index is 0.0192. The van der Waals surface area contributed by atoms with Gasteiger partial charge in [0.15, 0.2) is 5.82 Å². The lowest BCUT2D eigenvalue weighted by Gasteiger charge is -2.42. The van der Waals surface area contributed by atoms with Gasteiger partial charge in [-0.05, 0) is 74.5 Å². The predicted octanol–water partition coefficient (Wildman–Crippen LogP) is 5.33. The minimum atomic E-state index is -0.542. The molecule has 3 saturated heterocycles. The number of amides is 1. The summed E-state index contributed by atoms with van der Waals surface area (Å²) >= 11 is 5.34. The number of carbonyl (C=O) groups is 1. The first-order valence-electron chi connectivity index (χ1n) is 14.0. The van der Waals surface area contributed by atoms with Gasteiger partial charge in [0.25, 0.3) is 0 Å². The first-order valence-corrected chi connectivity index (χ1v) is 15.9.